The van der Waals surface area contributed by atoms with Gasteiger partial charge in [-0.1, -0.05) is 6.92 Å². The van der Waals surface area contributed by atoms with Crippen molar-refractivity contribution in [3.63, 3.8) is 0 Å². The van der Waals surface area contributed by atoms with E-state index in [-0.39, 0.29) is 11.9 Å². The number of imidazole rings is 1. The molecule has 6 heteroatoms. The minimum absolute atomic E-state index is 0.113. The molecule has 114 valence electrons. The molecule has 1 atom stereocenters. The quantitative estimate of drug-likeness (QED) is 0.912. The van der Waals surface area contributed by atoms with E-state index in [1.165, 1.54) is 0 Å². The highest BCUT2D eigenvalue weighted by atomic mass is 16.5. The Morgan fingerprint density at radius 2 is 2.43 bits per heavy atom. The minimum Gasteiger partial charge on any atom is -0.501 e. The molecule has 0 aromatic carbocycles. The fraction of sp³-hybridized carbons (Fsp3) is 0.600. The lowest BCUT2D eigenvalue weighted by atomic mass is 10.1. The number of carbonyl (C=O) groups is 1. The third-order valence-electron chi connectivity index (χ3n) is 4.23. The molecule has 3 heterocycles. The Morgan fingerprint density at radius 3 is 3.10 bits per heavy atom. The number of amides is 1. The van der Waals surface area contributed by atoms with E-state index in [9.17, 15) is 4.79 Å². The number of rotatable bonds is 3. The number of hydrogen-bond donors (Lipinski definition) is 1. The first-order valence-electron chi connectivity index (χ1n) is 7.63. The standard InChI is InChI=1S/C15H22N4O2/c1-2-18-7-8-19(10-13(18)14-16-5-6-17-14)15(20)12-4-3-9-21-11-12/h5-6,11,13H,2-4,7-10H2,1H3,(H,16,17)/t13-/m0/s1. The Bertz CT molecular complexity index is 512. The molecule has 0 spiro atoms. The van der Waals surface area contributed by atoms with E-state index in [1.54, 1.807) is 12.5 Å². The summed E-state index contributed by atoms with van der Waals surface area (Å²) in [6, 6.07) is 0.146. The van der Waals surface area contributed by atoms with Crippen LogP contribution in [0.2, 0.25) is 0 Å². The molecule has 21 heavy (non-hydrogen) atoms. The van der Waals surface area contributed by atoms with Gasteiger partial charge in [-0.15, -0.1) is 0 Å². The van der Waals surface area contributed by atoms with Crippen molar-refractivity contribution in [2.24, 2.45) is 0 Å². The van der Waals surface area contributed by atoms with Crippen molar-refractivity contribution in [1.82, 2.24) is 19.8 Å². The van der Waals surface area contributed by atoms with Crippen LogP contribution in [0.15, 0.2) is 24.2 Å². The van der Waals surface area contributed by atoms with Crippen LogP contribution in [0, 0.1) is 0 Å². The molecule has 6 nitrogen and oxygen atoms in total. The number of piperazine rings is 1. The monoisotopic (exact) mass is 290 g/mol. The van der Waals surface area contributed by atoms with Gasteiger partial charge in [0.1, 0.15) is 5.82 Å². The van der Waals surface area contributed by atoms with E-state index in [1.807, 2.05) is 11.1 Å². The number of likely N-dealkylation sites (N-methyl/N-ethyl adjacent to an activating group) is 1. The Hall–Kier alpha value is -1.82. The average molecular weight is 290 g/mol. The fourth-order valence-electron chi connectivity index (χ4n) is 3.03. The zero-order chi connectivity index (χ0) is 14.7. The van der Waals surface area contributed by atoms with Crippen LogP contribution in [0.1, 0.15) is 31.6 Å². The summed E-state index contributed by atoms with van der Waals surface area (Å²) in [5, 5.41) is 0. The number of aromatic amines is 1. The summed E-state index contributed by atoms with van der Waals surface area (Å²) in [6.07, 6.45) is 6.98. The molecule has 2 aliphatic heterocycles. The van der Waals surface area contributed by atoms with Crippen LogP contribution in [0.4, 0.5) is 0 Å². The van der Waals surface area contributed by atoms with Gasteiger partial charge in [-0.2, -0.15) is 0 Å². The van der Waals surface area contributed by atoms with E-state index < -0.39 is 0 Å². The predicted molar refractivity (Wildman–Crippen MR) is 78.4 cm³/mol. The Balaban J connectivity index is 1.73. The summed E-state index contributed by atoms with van der Waals surface area (Å²) in [6.45, 7) is 6.14. The largest absolute Gasteiger partial charge is 0.501 e. The summed E-state index contributed by atoms with van der Waals surface area (Å²) >= 11 is 0. The molecular weight excluding hydrogens is 268 g/mol. The van der Waals surface area contributed by atoms with Gasteiger partial charge in [0.15, 0.2) is 0 Å². The number of H-pyrrole nitrogens is 1. The van der Waals surface area contributed by atoms with E-state index >= 15 is 0 Å². The van der Waals surface area contributed by atoms with Gasteiger partial charge in [0.2, 0.25) is 0 Å². The molecule has 1 N–H and O–H groups in total. The molecule has 0 bridgehead atoms. The van der Waals surface area contributed by atoms with Gasteiger partial charge in [-0.3, -0.25) is 9.69 Å². The number of nitrogens with zero attached hydrogens (tertiary/aromatic N) is 3. The molecule has 0 unspecified atom stereocenters. The molecule has 0 radical (unpaired) electrons. The molecule has 3 rings (SSSR count). The molecule has 1 aromatic heterocycles. The molecule has 1 aromatic rings. The van der Waals surface area contributed by atoms with Gasteiger partial charge in [0.25, 0.3) is 5.91 Å². The van der Waals surface area contributed by atoms with E-state index in [0.717, 1.165) is 50.5 Å². The highest BCUT2D eigenvalue weighted by Crippen LogP contribution is 2.24. The smallest absolute Gasteiger partial charge is 0.252 e. The second-order valence-corrected chi connectivity index (χ2v) is 5.49. The summed E-state index contributed by atoms with van der Waals surface area (Å²) in [5.41, 5.74) is 0.796. The average Bonchev–Trinajstić information content (AvgIpc) is 3.08. The van der Waals surface area contributed by atoms with Crippen LogP contribution in [-0.4, -0.2) is 58.5 Å². The van der Waals surface area contributed by atoms with Crippen LogP contribution < -0.4 is 0 Å². The SMILES string of the molecule is CCN1CCN(C(=O)C2=COCCC2)C[C@H]1c1ncc[nH]1. The van der Waals surface area contributed by atoms with Crippen molar-refractivity contribution >= 4 is 5.91 Å². The van der Waals surface area contributed by atoms with E-state index in [2.05, 4.69) is 21.8 Å². The Labute approximate surface area is 124 Å². The highest BCUT2D eigenvalue weighted by molar-refractivity contribution is 5.93. The van der Waals surface area contributed by atoms with E-state index in [4.69, 9.17) is 4.74 Å². The van der Waals surface area contributed by atoms with Crippen molar-refractivity contribution in [2.45, 2.75) is 25.8 Å². The second kappa shape index (κ2) is 6.30. The number of hydrogen-bond acceptors (Lipinski definition) is 4. The minimum atomic E-state index is 0.113. The maximum atomic E-state index is 12.6. The molecule has 0 saturated carbocycles. The molecule has 2 aliphatic rings. The zero-order valence-corrected chi connectivity index (χ0v) is 12.4. The normalized spacial score (nSPS) is 23.6. The molecule has 1 saturated heterocycles. The summed E-state index contributed by atoms with van der Waals surface area (Å²) in [5.74, 6) is 1.05. The van der Waals surface area contributed by atoms with Crippen LogP contribution in [0.25, 0.3) is 0 Å². The Morgan fingerprint density at radius 1 is 1.52 bits per heavy atom. The van der Waals surface area contributed by atoms with Crippen molar-refractivity contribution in [3.05, 3.63) is 30.1 Å². The molecular formula is C15H22N4O2. The van der Waals surface area contributed by atoms with Crippen molar-refractivity contribution in [1.29, 1.82) is 0 Å². The summed E-state index contributed by atoms with van der Waals surface area (Å²) < 4.78 is 5.30. The van der Waals surface area contributed by atoms with Gasteiger partial charge >= 0.3 is 0 Å². The van der Waals surface area contributed by atoms with Crippen molar-refractivity contribution in [3.8, 4) is 0 Å². The predicted octanol–water partition coefficient (Wildman–Crippen LogP) is 1.31. The molecule has 1 fully saturated rings. The lowest BCUT2D eigenvalue weighted by Gasteiger charge is -2.40. The molecule has 1 amide bonds. The first-order chi connectivity index (χ1) is 10.3. The van der Waals surface area contributed by atoms with Crippen LogP contribution in [0.5, 0.6) is 0 Å². The van der Waals surface area contributed by atoms with Gasteiger partial charge in [0.05, 0.1) is 24.5 Å². The number of nitrogens with one attached hydrogen (secondary N) is 1. The third-order valence-corrected chi connectivity index (χ3v) is 4.23. The van der Waals surface area contributed by atoms with Crippen LogP contribution in [0.3, 0.4) is 0 Å². The number of ether oxygens (including phenoxy) is 1. The van der Waals surface area contributed by atoms with E-state index in [0.29, 0.717) is 6.54 Å². The molecule has 0 aliphatic carbocycles. The summed E-state index contributed by atoms with van der Waals surface area (Å²) in [7, 11) is 0. The van der Waals surface area contributed by atoms with Gasteiger partial charge in [0, 0.05) is 32.0 Å². The van der Waals surface area contributed by atoms with Crippen molar-refractivity contribution < 1.29 is 9.53 Å². The van der Waals surface area contributed by atoms with Crippen LogP contribution >= 0.6 is 0 Å². The highest BCUT2D eigenvalue weighted by Gasteiger charge is 2.32. The van der Waals surface area contributed by atoms with Crippen molar-refractivity contribution in [2.75, 3.05) is 32.8 Å². The topological polar surface area (TPSA) is 61.5 Å². The van der Waals surface area contributed by atoms with Crippen LogP contribution in [-0.2, 0) is 9.53 Å². The van der Waals surface area contributed by atoms with Gasteiger partial charge < -0.3 is 14.6 Å². The lowest BCUT2D eigenvalue weighted by Crippen LogP contribution is -2.51. The zero-order valence-electron chi connectivity index (χ0n) is 12.4. The first kappa shape index (κ1) is 14.1. The van der Waals surface area contributed by atoms with Gasteiger partial charge in [-0.25, -0.2) is 4.98 Å². The summed E-state index contributed by atoms with van der Waals surface area (Å²) in [4.78, 5) is 24.4. The number of aromatic nitrogens is 2. The third kappa shape index (κ3) is 2.95. The second-order valence-electron chi connectivity index (χ2n) is 5.49. The fourth-order valence-corrected chi connectivity index (χ4v) is 3.03. The lowest BCUT2D eigenvalue weighted by molar-refractivity contribution is -0.130. The Kier molecular flexibility index (Phi) is 4.24. The van der Waals surface area contributed by atoms with Gasteiger partial charge in [-0.05, 0) is 19.4 Å². The maximum Gasteiger partial charge on any atom is 0.252 e. The number of carbonyl (C=O) groups excluding carboxylic acids is 1. The first-order valence-corrected chi connectivity index (χ1v) is 7.63. The maximum absolute atomic E-state index is 12.6.